The summed E-state index contributed by atoms with van der Waals surface area (Å²) in [4.78, 5) is 29.0. The van der Waals surface area contributed by atoms with Gasteiger partial charge in [0.25, 0.3) is 0 Å². The van der Waals surface area contributed by atoms with E-state index in [0.29, 0.717) is 5.13 Å². The Morgan fingerprint density at radius 1 is 1.25 bits per heavy atom. The molecule has 1 aromatic heterocycles. The van der Waals surface area contributed by atoms with Crippen LogP contribution in [0.15, 0.2) is 6.20 Å². The van der Waals surface area contributed by atoms with E-state index in [1.807, 2.05) is 6.92 Å². The van der Waals surface area contributed by atoms with Crippen LogP contribution in [0.1, 0.15) is 30.6 Å². The minimum absolute atomic E-state index is 0.0961. The molecule has 2 bridgehead atoms. The van der Waals surface area contributed by atoms with Crippen LogP contribution in [0, 0.1) is 30.6 Å². The number of anilines is 1. The molecule has 4 rings (SSSR count). The van der Waals surface area contributed by atoms with Crippen molar-refractivity contribution < 1.29 is 14.7 Å². The molecule has 20 heavy (non-hydrogen) atoms. The van der Waals surface area contributed by atoms with Gasteiger partial charge in [0.2, 0.25) is 5.91 Å². The number of carboxylic acid groups (broad SMARTS) is 1. The average molecular weight is 293 g/mol. The largest absolute Gasteiger partial charge is 0.550 e. The summed E-state index contributed by atoms with van der Waals surface area (Å²) in [5.41, 5.74) is 0. The fraction of sp³-hybridized carbons (Fsp3) is 0.643. The van der Waals surface area contributed by atoms with Gasteiger partial charge in [-0.15, -0.1) is 11.3 Å². The Labute approximate surface area is 121 Å². The molecule has 108 valence electrons. The van der Waals surface area contributed by atoms with E-state index < -0.39 is 17.8 Å². The molecule has 0 unspecified atom stereocenters. The third kappa shape index (κ3) is 2.32. The lowest BCUT2D eigenvalue weighted by Crippen LogP contribution is -2.52. The summed E-state index contributed by atoms with van der Waals surface area (Å²) in [5.74, 6) is -2.11. The topological polar surface area (TPSA) is 82.1 Å². The van der Waals surface area contributed by atoms with Gasteiger partial charge in [0, 0.05) is 28.9 Å². The number of carbonyl (C=O) groups excluding carboxylic acids is 2. The van der Waals surface area contributed by atoms with Gasteiger partial charge in [-0.05, 0) is 44.4 Å². The highest BCUT2D eigenvalue weighted by Crippen LogP contribution is 2.49. The predicted octanol–water partition coefficient (Wildman–Crippen LogP) is 1.19. The number of aliphatic carboxylic acids is 1. The van der Waals surface area contributed by atoms with Crippen molar-refractivity contribution in [3.8, 4) is 0 Å². The molecule has 3 fully saturated rings. The highest BCUT2D eigenvalue weighted by molar-refractivity contribution is 7.15. The predicted molar refractivity (Wildman–Crippen MR) is 72.9 cm³/mol. The fourth-order valence-corrected chi connectivity index (χ4v) is 4.43. The SMILES string of the molecule is Cc1cnc(NC(=O)[C@@H]2C3CCC(CC3)[C@H]2C(=O)[O-])s1. The van der Waals surface area contributed by atoms with Gasteiger partial charge < -0.3 is 15.2 Å². The number of rotatable bonds is 3. The lowest BCUT2D eigenvalue weighted by Gasteiger charge is -2.48. The maximum atomic E-state index is 12.4. The second kappa shape index (κ2) is 5.16. The number of thiazole rings is 1. The van der Waals surface area contributed by atoms with Gasteiger partial charge in [-0.2, -0.15) is 0 Å². The van der Waals surface area contributed by atoms with E-state index in [0.717, 1.165) is 30.6 Å². The molecular weight excluding hydrogens is 276 g/mol. The van der Waals surface area contributed by atoms with Crippen molar-refractivity contribution in [2.75, 3.05) is 5.32 Å². The van der Waals surface area contributed by atoms with Crippen molar-refractivity contribution in [1.82, 2.24) is 4.98 Å². The van der Waals surface area contributed by atoms with Crippen LogP contribution < -0.4 is 10.4 Å². The number of aryl methyl sites for hydroxylation is 1. The molecule has 0 radical (unpaired) electrons. The third-order valence-electron chi connectivity index (χ3n) is 4.65. The molecule has 1 N–H and O–H groups in total. The summed E-state index contributed by atoms with van der Waals surface area (Å²) in [6.07, 6.45) is 5.41. The van der Waals surface area contributed by atoms with Gasteiger partial charge in [-0.25, -0.2) is 4.98 Å². The van der Waals surface area contributed by atoms with E-state index in [1.165, 1.54) is 11.3 Å². The van der Waals surface area contributed by atoms with Crippen LogP contribution in [-0.4, -0.2) is 16.9 Å². The second-order valence-electron chi connectivity index (χ2n) is 5.81. The first-order chi connectivity index (χ1) is 9.56. The average Bonchev–Trinajstić information content (AvgIpc) is 2.84. The molecule has 1 aromatic rings. The summed E-state index contributed by atoms with van der Waals surface area (Å²) in [7, 11) is 0. The highest BCUT2D eigenvalue weighted by atomic mass is 32.1. The van der Waals surface area contributed by atoms with Gasteiger partial charge in [0.1, 0.15) is 0 Å². The normalized spacial score (nSPS) is 32.0. The Hall–Kier alpha value is -1.43. The van der Waals surface area contributed by atoms with Crippen LogP contribution in [0.2, 0.25) is 0 Å². The number of aromatic nitrogens is 1. The van der Waals surface area contributed by atoms with Crippen molar-refractivity contribution >= 4 is 28.3 Å². The number of hydrogen-bond donors (Lipinski definition) is 1. The third-order valence-corrected chi connectivity index (χ3v) is 5.47. The fourth-order valence-electron chi connectivity index (χ4n) is 3.77. The van der Waals surface area contributed by atoms with E-state index >= 15 is 0 Å². The van der Waals surface area contributed by atoms with Crippen LogP contribution in [0.3, 0.4) is 0 Å². The first kappa shape index (κ1) is 13.5. The first-order valence-electron chi connectivity index (χ1n) is 7.00. The standard InChI is InChI=1S/C14H18N2O3S/c1-7-6-15-14(20-7)16-12(17)10-8-2-4-9(5-3-8)11(10)13(18)19/h6,8-11H,2-5H2,1H3,(H,18,19)(H,15,16,17)/p-1/t8?,9?,10-,11-/m1/s1. The molecule has 5 nitrogen and oxygen atoms in total. The Morgan fingerprint density at radius 3 is 2.35 bits per heavy atom. The van der Waals surface area contributed by atoms with E-state index in [2.05, 4.69) is 10.3 Å². The maximum absolute atomic E-state index is 12.4. The number of hydrogen-bond acceptors (Lipinski definition) is 5. The van der Waals surface area contributed by atoms with Gasteiger partial charge in [0.05, 0.1) is 0 Å². The van der Waals surface area contributed by atoms with E-state index in [4.69, 9.17) is 0 Å². The van der Waals surface area contributed by atoms with Crippen molar-refractivity contribution in [2.24, 2.45) is 23.7 Å². The molecule has 0 aliphatic heterocycles. The molecule has 2 atom stereocenters. The summed E-state index contributed by atoms with van der Waals surface area (Å²) in [6, 6.07) is 0. The molecule has 3 aliphatic carbocycles. The molecule has 3 saturated carbocycles. The lowest BCUT2D eigenvalue weighted by atomic mass is 9.58. The number of amides is 1. The van der Waals surface area contributed by atoms with Crippen LogP contribution >= 0.6 is 11.3 Å². The van der Waals surface area contributed by atoms with Crippen LogP contribution in [-0.2, 0) is 9.59 Å². The molecule has 1 heterocycles. The molecular formula is C14H17N2O3S-. The molecule has 0 aromatic carbocycles. The number of nitrogens with zero attached hydrogens (tertiary/aromatic N) is 1. The molecule has 6 heteroatoms. The van der Waals surface area contributed by atoms with Crippen molar-refractivity contribution in [3.63, 3.8) is 0 Å². The van der Waals surface area contributed by atoms with E-state index in [-0.39, 0.29) is 17.7 Å². The van der Waals surface area contributed by atoms with Crippen molar-refractivity contribution in [2.45, 2.75) is 32.6 Å². The zero-order valence-electron chi connectivity index (χ0n) is 11.3. The second-order valence-corrected chi connectivity index (χ2v) is 7.05. The minimum atomic E-state index is -1.07. The quantitative estimate of drug-likeness (QED) is 0.907. The number of nitrogens with one attached hydrogen (secondary N) is 1. The zero-order chi connectivity index (χ0) is 14.3. The van der Waals surface area contributed by atoms with Gasteiger partial charge in [0.15, 0.2) is 5.13 Å². The zero-order valence-corrected chi connectivity index (χ0v) is 12.1. The number of carboxylic acids is 1. The maximum Gasteiger partial charge on any atom is 0.230 e. The molecule has 0 spiro atoms. The first-order valence-corrected chi connectivity index (χ1v) is 7.82. The summed E-state index contributed by atoms with van der Waals surface area (Å²) in [5, 5.41) is 14.7. The van der Waals surface area contributed by atoms with E-state index in [1.54, 1.807) is 6.20 Å². The Kier molecular flexibility index (Phi) is 3.50. The van der Waals surface area contributed by atoms with Crippen LogP contribution in [0.4, 0.5) is 5.13 Å². The molecule has 1 amide bonds. The lowest BCUT2D eigenvalue weighted by molar-refractivity contribution is -0.318. The minimum Gasteiger partial charge on any atom is -0.550 e. The highest BCUT2D eigenvalue weighted by Gasteiger charge is 2.47. The van der Waals surface area contributed by atoms with Gasteiger partial charge in [-0.1, -0.05) is 0 Å². The Morgan fingerprint density at radius 2 is 1.85 bits per heavy atom. The van der Waals surface area contributed by atoms with Crippen molar-refractivity contribution in [1.29, 1.82) is 0 Å². The van der Waals surface area contributed by atoms with Crippen LogP contribution in [0.5, 0.6) is 0 Å². The van der Waals surface area contributed by atoms with Gasteiger partial charge in [-0.3, -0.25) is 4.79 Å². The summed E-state index contributed by atoms with van der Waals surface area (Å²) >= 11 is 1.40. The number of carbonyl (C=O) groups is 2. The smallest absolute Gasteiger partial charge is 0.230 e. The monoisotopic (exact) mass is 293 g/mol. The van der Waals surface area contributed by atoms with E-state index in [9.17, 15) is 14.7 Å². The van der Waals surface area contributed by atoms with Crippen molar-refractivity contribution in [3.05, 3.63) is 11.1 Å². The summed E-state index contributed by atoms with van der Waals surface area (Å²) in [6.45, 7) is 1.92. The van der Waals surface area contributed by atoms with Crippen LogP contribution in [0.25, 0.3) is 0 Å². The molecule has 3 aliphatic rings. The number of fused-ring (bicyclic) bond motifs is 3. The van der Waals surface area contributed by atoms with Gasteiger partial charge >= 0.3 is 0 Å². The summed E-state index contributed by atoms with van der Waals surface area (Å²) < 4.78 is 0. The molecule has 0 saturated heterocycles. The Bertz CT molecular complexity index is 534. The Balaban J connectivity index is 1.79.